The number of nitrogens with zero attached hydrogens (tertiary/aromatic N) is 4. The number of H-pyrrole nitrogens is 1. The van der Waals surface area contributed by atoms with Crippen molar-refractivity contribution in [2.24, 2.45) is 0 Å². The predicted molar refractivity (Wildman–Crippen MR) is 131 cm³/mol. The molecule has 0 aliphatic carbocycles. The van der Waals surface area contributed by atoms with Gasteiger partial charge in [-0.15, -0.1) is 0 Å². The van der Waals surface area contributed by atoms with Crippen molar-refractivity contribution in [2.45, 2.75) is 25.3 Å². The third-order valence-corrected chi connectivity index (χ3v) is 6.44. The van der Waals surface area contributed by atoms with Gasteiger partial charge in [0.1, 0.15) is 11.6 Å². The van der Waals surface area contributed by atoms with Crippen LogP contribution >= 0.6 is 0 Å². The van der Waals surface area contributed by atoms with Crippen LogP contribution in [0.4, 0.5) is 0 Å². The molecule has 1 aromatic heterocycles. The van der Waals surface area contributed by atoms with Gasteiger partial charge >= 0.3 is 0 Å². The van der Waals surface area contributed by atoms with Crippen molar-refractivity contribution in [1.29, 1.82) is 0 Å². The molecular formula is C26H28N6O4. The normalized spacial score (nSPS) is 18.0. The molecule has 2 N–H and O–H groups in total. The van der Waals surface area contributed by atoms with Crippen LogP contribution in [-0.2, 0) is 9.59 Å². The van der Waals surface area contributed by atoms with E-state index >= 15 is 0 Å². The van der Waals surface area contributed by atoms with E-state index in [-0.39, 0.29) is 36.9 Å². The third-order valence-electron chi connectivity index (χ3n) is 6.44. The SMILES string of the molecule is O=C1CN(C(=O)c2cccc(-c3n[nH]c(C4CCCCN4C(=O)COc4ccccc4)n3)c2)CCN1. The van der Waals surface area contributed by atoms with E-state index in [1.165, 1.54) is 4.90 Å². The van der Waals surface area contributed by atoms with Gasteiger partial charge in [0, 0.05) is 30.8 Å². The van der Waals surface area contributed by atoms with Crippen LogP contribution in [0.3, 0.4) is 0 Å². The average Bonchev–Trinajstić information content (AvgIpc) is 3.42. The van der Waals surface area contributed by atoms with Gasteiger partial charge in [-0.2, -0.15) is 5.10 Å². The number of piperidine rings is 1. The van der Waals surface area contributed by atoms with Gasteiger partial charge in [-0.25, -0.2) is 4.98 Å². The van der Waals surface area contributed by atoms with Crippen molar-refractivity contribution >= 4 is 17.7 Å². The van der Waals surface area contributed by atoms with Crippen LogP contribution in [0.25, 0.3) is 11.4 Å². The minimum absolute atomic E-state index is 0.0415. The summed E-state index contributed by atoms with van der Waals surface area (Å²) >= 11 is 0. The molecule has 2 fully saturated rings. The quantitative estimate of drug-likeness (QED) is 0.549. The zero-order chi connectivity index (χ0) is 24.9. The van der Waals surface area contributed by atoms with E-state index in [1.807, 2.05) is 36.4 Å². The zero-order valence-electron chi connectivity index (χ0n) is 19.9. The van der Waals surface area contributed by atoms with Crippen molar-refractivity contribution in [1.82, 2.24) is 30.3 Å². The number of hydrogen-bond donors (Lipinski definition) is 2. The fourth-order valence-electron chi connectivity index (χ4n) is 4.60. The highest BCUT2D eigenvalue weighted by atomic mass is 16.5. The molecule has 1 unspecified atom stereocenters. The molecule has 36 heavy (non-hydrogen) atoms. The molecule has 3 aromatic rings. The van der Waals surface area contributed by atoms with E-state index in [1.54, 1.807) is 23.1 Å². The summed E-state index contributed by atoms with van der Waals surface area (Å²) in [4.78, 5) is 45.6. The Morgan fingerprint density at radius 3 is 2.75 bits per heavy atom. The highest BCUT2D eigenvalue weighted by molar-refractivity contribution is 5.97. The first-order valence-corrected chi connectivity index (χ1v) is 12.1. The van der Waals surface area contributed by atoms with E-state index in [9.17, 15) is 14.4 Å². The minimum atomic E-state index is -0.219. The molecule has 2 saturated heterocycles. The number of aromatic amines is 1. The molecule has 2 aliphatic rings. The molecule has 2 aliphatic heterocycles. The summed E-state index contributed by atoms with van der Waals surface area (Å²) in [5.74, 6) is 1.26. The van der Waals surface area contributed by atoms with E-state index in [2.05, 4.69) is 20.5 Å². The van der Waals surface area contributed by atoms with Crippen LogP contribution < -0.4 is 10.1 Å². The maximum absolute atomic E-state index is 13.0. The number of amides is 3. The Hall–Kier alpha value is -4.21. The predicted octanol–water partition coefficient (Wildman–Crippen LogP) is 2.18. The summed E-state index contributed by atoms with van der Waals surface area (Å²) in [5, 5.41) is 10.1. The van der Waals surface area contributed by atoms with Gasteiger partial charge < -0.3 is 19.9 Å². The van der Waals surface area contributed by atoms with Crippen LogP contribution in [0.1, 0.15) is 41.5 Å². The second kappa shape index (κ2) is 10.6. The lowest BCUT2D eigenvalue weighted by atomic mass is 10.0. The van der Waals surface area contributed by atoms with Crippen molar-refractivity contribution < 1.29 is 19.1 Å². The standard InChI is InChI=1S/C26H28N6O4/c33-22-16-31(14-12-27-22)26(35)19-8-6-7-18(15-19)24-28-25(30-29-24)21-11-4-5-13-32(21)23(34)17-36-20-9-2-1-3-10-20/h1-3,6-10,15,21H,4-5,11-14,16-17H2,(H,27,33)(H,28,29,30). The van der Waals surface area contributed by atoms with Gasteiger partial charge in [-0.05, 0) is 43.5 Å². The molecule has 0 saturated carbocycles. The molecule has 1 atom stereocenters. The van der Waals surface area contributed by atoms with Gasteiger partial charge in [-0.3, -0.25) is 19.5 Å². The van der Waals surface area contributed by atoms with Crippen molar-refractivity contribution in [2.75, 3.05) is 32.8 Å². The number of carbonyl (C=O) groups is 3. The Morgan fingerprint density at radius 1 is 1.06 bits per heavy atom. The first-order valence-electron chi connectivity index (χ1n) is 12.1. The molecule has 0 bridgehead atoms. The number of aromatic nitrogens is 3. The maximum Gasteiger partial charge on any atom is 0.261 e. The number of nitrogens with one attached hydrogen (secondary N) is 2. The summed E-state index contributed by atoms with van der Waals surface area (Å²) < 4.78 is 5.67. The lowest BCUT2D eigenvalue weighted by molar-refractivity contribution is -0.137. The summed E-state index contributed by atoms with van der Waals surface area (Å²) in [5.41, 5.74) is 1.16. The Labute approximate surface area is 208 Å². The molecular weight excluding hydrogens is 460 g/mol. The topological polar surface area (TPSA) is 121 Å². The number of piperazine rings is 1. The molecule has 0 spiro atoms. The second-order valence-corrected chi connectivity index (χ2v) is 8.90. The van der Waals surface area contributed by atoms with Crippen molar-refractivity contribution in [3.05, 3.63) is 66.0 Å². The van der Waals surface area contributed by atoms with Crippen LogP contribution in [0.2, 0.25) is 0 Å². The number of benzene rings is 2. The number of carbonyl (C=O) groups excluding carboxylic acids is 3. The number of ether oxygens (including phenoxy) is 1. The molecule has 2 aromatic carbocycles. The number of likely N-dealkylation sites (tertiary alicyclic amines) is 1. The van der Waals surface area contributed by atoms with Crippen molar-refractivity contribution in [3.8, 4) is 17.1 Å². The van der Waals surface area contributed by atoms with Crippen LogP contribution in [0, 0.1) is 0 Å². The molecule has 10 heteroatoms. The summed E-state index contributed by atoms with van der Waals surface area (Å²) in [6.07, 6.45) is 2.69. The number of rotatable bonds is 6. The number of para-hydroxylation sites is 1. The third kappa shape index (κ3) is 5.22. The van der Waals surface area contributed by atoms with Crippen LogP contribution in [0.15, 0.2) is 54.6 Å². The Kier molecular flexibility index (Phi) is 6.92. The highest BCUT2D eigenvalue weighted by Crippen LogP contribution is 2.30. The Bertz CT molecular complexity index is 1240. The van der Waals surface area contributed by atoms with E-state index in [4.69, 9.17) is 4.74 Å². The van der Waals surface area contributed by atoms with Gasteiger partial charge in [-0.1, -0.05) is 30.3 Å². The van der Waals surface area contributed by atoms with Crippen LogP contribution in [0.5, 0.6) is 5.75 Å². The van der Waals surface area contributed by atoms with E-state index in [0.29, 0.717) is 48.2 Å². The Balaban J connectivity index is 1.30. The molecule has 3 heterocycles. The monoisotopic (exact) mass is 488 g/mol. The fourth-order valence-corrected chi connectivity index (χ4v) is 4.60. The van der Waals surface area contributed by atoms with Gasteiger partial charge in [0.05, 0.1) is 12.6 Å². The average molecular weight is 489 g/mol. The van der Waals surface area contributed by atoms with E-state index in [0.717, 1.165) is 19.3 Å². The Morgan fingerprint density at radius 2 is 1.92 bits per heavy atom. The first-order chi connectivity index (χ1) is 17.6. The summed E-state index contributed by atoms with van der Waals surface area (Å²) in [6.45, 7) is 1.55. The molecule has 10 nitrogen and oxygen atoms in total. The van der Waals surface area contributed by atoms with Crippen molar-refractivity contribution in [3.63, 3.8) is 0 Å². The smallest absolute Gasteiger partial charge is 0.261 e. The maximum atomic E-state index is 13.0. The largest absolute Gasteiger partial charge is 0.484 e. The van der Waals surface area contributed by atoms with E-state index < -0.39 is 0 Å². The van der Waals surface area contributed by atoms with Gasteiger partial charge in [0.15, 0.2) is 12.4 Å². The number of hydrogen-bond acceptors (Lipinski definition) is 6. The molecule has 0 radical (unpaired) electrons. The fraction of sp³-hybridized carbons (Fsp3) is 0.346. The minimum Gasteiger partial charge on any atom is -0.484 e. The lowest BCUT2D eigenvalue weighted by Gasteiger charge is -2.34. The zero-order valence-corrected chi connectivity index (χ0v) is 19.9. The summed E-state index contributed by atoms with van der Waals surface area (Å²) in [6, 6.07) is 16.1. The lowest BCUT2D eigenvalue weighted by Crippen LogP contribution is -2.49. The summed E-state index contributed by atoms with van der Waals surface area (Å²) in [7, 11) is 0. The second-order valence-electron chi connectivity index (χ2n) is 8.90. The highest BCUT2D eigenvalue weighted by Gasteiger charge is 2.31. The van der Waals surface area contributed by atoms with Gasteiger partial charge in [0.2, 0.25) is 5.91 Å². The first kappa shape index (κ1) is 23.5. The van der Waals surface area contributed by atoms with Gasteiger partial charge in [0.25, 0.3) is 11.8 Å². The van der Waals surface area contributed by atoms with Crippen LogP contribution in [-0.4, -0.2) is 75.5 Å². The molecule has 5 rings (SSSR count). The molecule has 3 amide bonds. The molecule has 186 valence electrons.